The highest BCUT2D eigenvalue weighted by Crippen LogP contribution is 2.28. The van der Waals surface area contributed by atoms with E-state index in [1.165, 1.54) is 15.0 Å². The Balaban J connectivity index is 0.00000225. The number of fused-ring (bicyclic) bond motifs is 2. The van der Waals surface area contributed by atoms with Crippen molar-refractivity contribution in [3.8, 4) is 0 Å². The number of para-hydroxylation sites is 1. The molecule has 0 fully saturated rings. The van der Waals surface area contributed by atoms with Gasteiger partial charge in [0.05, 0.1) is 5.52 Å². The second-order valence-electron chi connectivity index (χ2n) is 6.44. The first-order chi connectivity index (χ1) is 13.2. The lowest BCUT2D eigenvalue weighted by Gasteiger charge is -2.08. The summed E-state index contributed by atoms with van der Waals surface area (Å²) in [7, 11) is 0. The van der Waals surface area contributed by atoms with Crippen molar-refractivity contribution in [1.29, 1.82) is 0 Å². The highest BCUT2D eigenvalue weighted by Gasteiger charge is 2.03. The molecule has 0 aliphatic carbocycles. The number of thiophene rings is 1. The second kappa shape index (κ2) is 9.56. The van der Waals surface area contributed by atoms with E-state index in [0.29, 0.717) is 0 Å². The molecule has 4 aromatic rings. The van der Waals surface area contributed by atoms with E-state index in [2.05, 4.69) is 55.8 Å². The Morgan fingerprint density at radius 2 is 1.89 bits per heavy atom. The Hall–Kier alpha value is -1.86. The largest absolute Gasteiger partial charge is 0.371 e. The van der Waals surface area contributed by atoms with Crippen molar-refractivity contribution in [2.24, 2.45) is 0 Å². The molecule has 0 saturated heterocycles. The van der Waals surface area contributed by atoms with Crippen LogP contribution in [0.4, 0.5) is 5.82 Å². The standard InChI is InChI=1S/C21H20BrN3OS.ClH/c22-15-7-6-14-10-16(27-20(14)11-15)13-23-8-3-9-24-21-12-19(26)17-4-1-2-5-18(17)25-21;/h1-2,4-7,10-12,23H,3,8-9,13H2,(H2,24,25,26);1H. The molecule has 0 amide bonds. The normalized spacial score (nSPS) is 10.9. The highest BCUT2D eigenvalue weighted by molar-refractivity contribution is 9.10. The summed E-state index contributed by atoms with van der Waals surface area (Å²) < 4.78 is 2.43. The van der Waals surface area contributed by atoms with Crippen molar-refractivity contribution in [2.75, 3.05) is 18.4 Å². The number of nitrogens with one attached hydrogen (secondary N) is 3. The third-order valence-corrected chi connectivity index (χ3v) is 6.01. The molecule has 0 radical (unpaired) electrons. The van der Waals surface area contributed by atoms with E-state index in [4.69, 9.17) is 0 Å². The van der Waals surface area contributed by atoms with Crippen LogP contribution in [0, 0.1) is 0 Å². The van der Waals surface area contributed by atoms with Crippen molar-refractivity contribution < 1.29 is 0 Å². The monoisotopic (exact) mass is 477 g/mol. The average Bonchev–Trinajstić information content (AvgIpc) is 3.06. The number of H-pyrrole nitrogens is 1. The summed E-state index contributed by atoms with van der Waals surface area (Å²) in [4.78, 5) is 16.7. The van der Waals surface area contributed by atoms with E-state index in [0.717, 1.165) is 47.2 Å². The van der Waals surface area contributed by atoms with Gasteiger partial charge in [-0.05, 0) is 48.7 Å². The van der Waals surface area contributed by atoms with E-state index in [-0.39, 0.29) is 17.8 Å². The molecule has 3 N–H and O–H groups in total. The predicted molar refractivity (Wildman–Crippen MR) is 126 cm³/mol. The Morgan fingerprint density at radius 3 is 2.79 bits per heavy atom. The zero-order chi connectivity index (χ0) is 18.6. The van der Waals surface area contributed by atoms with Crippen molar-refractivity contribution >= 4 is 66.5 Å². The average molecular weight is 479 g/mol. The summed E-state index contributed by atoms with van der Waals surface area (Å²) in [6, 6.07) is 17.8. The number of benzene rings is 2. The van der Waals surface area contributed by atoms with Crippen LogP contribution in [0.1, 0.15) is 11.3 Å². The Labute approximate surface area is 181 Å². The van der Waals surface area contributed by atoms with Gasteiger partial charge < -0.3 is 15.6 Å². The minimum atomic E-state index is 0. The number of aromatic nitrogens is 1. The van der Waals surface area contributed by atoms with Crippen molar-refractivity contribution in [3.63, 3.8) is 0 Å². The van der Waals surface area contributed by atoms with Crippen LogP contribution in [0.3, 0.4) is 0 Å². The molecule has 2 aromatic heterocycles. The molecule has 0 aliphatic heterocycles. The van der Waals surface area contributed by atoms with Gasteiger partial charge in [0.25, 0.3) is 0 Å². The van der Waals surface area contributed by atoms with Gasteiger partial charge in [0.1, 0.15) is 5.82 Å². The van der Waals surface area contributed by atoms with Gasteiger partial charge in [-0.1, -0.05) is 34.1 Å². The summed E-state index contributed by atoms with van der Waals surface area (Å²) in [5.74, 6) is 0.772. The van der Waals surface area contributed by atoms with Crippen LogP contribution >= 0.6 is 39.7 Å². The third kappa shape index (κ3) is 4.94. The number of pyridine rings is 1. The minimum Gasteiger partial charge on any atom is -0.371 e. The van der Waals surface area contributed by atoms with Crippen LogP contribution in [0.25, 0.3) is 21.0 Å². The quantitative estimate of drug-likeness (QED) is 0.307. The van der Waals surface area contributed by atoms with Crippen LogP contribution in [-0.4, -0.2) is 18.1 Å². The van der Waals surface area contributed by atoms with Crippen LogP contribution in [-0.2, 0) is 6.54 Å². The highest BCUT2D eigenvalue weighted by atomic mass is 79.9. The molecule has 28 heavy (non-hydrogen) atoms. The van der Waals surface area contributed by atoms with Gasteiger partial charge in [0.2, 0.25) is 0 Å². The van der Waals surface area contributed by atoms with Crippen molar-refractivity contribution in [2.45, 2.75) is 13.0 Å². The number of hydrogen-bond donors (Lipinski definition) is 3. The first-order valence-electron chi connectivity index (χ1n) is 8.94. The van der Waals surface area contributed by atoms with Gasteiger partial charge >= 0.3 is 0 Å². The molecule has 4 rings (SSSR count). The molecule has 0 atom stereocenters. The topological polar surface area (TPSA) is 56.9 Å². The lowest BCUT2D eigenvalue weighted by atomic mass is 10.2. The lowest BCUT2D eigenvalue weighted by Crippen LogP contribution is -2.17. The molecule has 0 saturated carbocycles. The first kappa shape index (κ1) is 20.9. The van der Waals surface area contributed by atoms with E-state index >= 15 is 0 Å². The Bertz CT molecular complexity index is 1140. The lowest BCUT2D eigenvalue weighted by molar-refractivity contribution is 0.668. The fourth-order valence-corrected chi connectivity index (χ4v) is 4.67. The Kier molecular flexibility index (Phi) is 7.13. The van der Waals surface area contributed by atoms with Gasteiger partial charge in [0, 0.05) is 38.6 Å². The number of anilines is 1. The maximum atomic E-state index is 12.1. The third-order valence-electron chi connectivity index (χ3n) is 4.42. The van der Waals surface area contributed by atoms with Crippen molar-refractivity contribution in [3.05, 3.63) is 74.2 Å². The summed E-state index contributed by atoms with van der Waals surface area (Å²) >= 11 is 5.35. The first-order valence-corrected chi connectivity index (χ1v) is 10.5. The summed E-state index contributed by atoms with van der Waals surface area (Å²) in [6.07, 6.45) is 0.977. The molecule has 146 valence electrons. The summed E-state index contributed by atoms with van der Waals surface area (Å²) in [6.45, 7) is 2.60. The molecule has 0 bridgehead atoms. The predicted octanol–water partition coefficient (Wildman–Crippen LogP) is 5.52. The van der Waals surface area contributed by atoms with Crippen LogP contribution in [0.5, 0.6) is 0 Å². The van der Waals surface area contributed by atoms with Gasteiger partial charge in [-0.25, -0.2) is 0 Å². The second-order valence-corrected chi connectivity index (χ2v) is 8.53. The number of aromatic amines is 1. The number of hydrogen-bond acceptors (Lipinski definition) is 4. The molecule has 0 spiro atoms. The van der Waals surface area contributed by atoms with E-state index < -0.39 is 0 Å². The maximum absolute atomic E-state index is 12.1. The van der Waals surface area contributed by atoms with E-state index in [9.17, 15) is 4.79 Å². The zero-order valence-corrected chi connectivity index (χ0v) is 18.3. The summed E-state index contributed by atoms with van der Waals surface area (Å²) in [5.41, 5.74) is 0.906. The number of rotatable bonds is 7. The van der Waals surface area contributed by atoms with Crippen LogP contribution in [0.2, 0.25) is 0 Å². The molecular weight excluding hydrogens is 458 g/mol. The zero-order valence-electron chi connectivity index (χ0n) is 15.1. The fourth-order valence-electron chi connectivity index (χ4n) is 3.09. The molecule has 0 aliphatic rings. The van der Waals surface area contributed by atoms with Gasteiger partial charge in [0.15, 0.2) is 5.43 Å². The smallest absolute Gasteiger partial charge is 0.191 e. The van der Waals surface area contributed by atoms with Crippen molar-refractivity contribution in [1.82, 2.24) is 10.3 Å². The minimum absolute atomic E-state index is 0. The van der Waals surface area contributed by atoms with Gasteiger partial charge in [-0.3, -0.25) is 4.79 Å². The SMILES string of the molecule is Cl.O=c1cc(NCCCNCc2cc3ccc(Br)cc3s2)[nH]c2ccccc12. The summed E-state index contributed by atoms with van der Waals surface area (Å²) in [5, 5.41) is 8.81. The molecular formula is C21H21BrClN3OS. The molecule has 7 heteroatoms. The van der Waals surface area contributed by atoms with Gasteiger partial charge in [-0.15, -0.1) is 23.7 Å². The fraction of sp³-hybridized carbons (Fsp3) is 0.190. The molecule has 4 nitrogen and oxygen atoms in total. The van der Waals surface area contributed by atoms with Gasteiger partial charge in [-0.2, -0.15) is 0 Å². The molecule has 2 heterocycles. The molecule has 0 unspecified atom stereocenters. The van der Waals surface area contributed by atoms with E-state index in [1.807, 2.05) is 35.6 Å². The number of halogens is 2. The van der Waals surface area contributed by atoms with E-state index in [1.54, 1.807) is 6.07 Å². The van der Waals surface area contributed by atoms with Crippen LogP contribution in [0.15, 0.2) is 63.9 Å². The Morgan fingerprint density at radius 1 is 1.04 bits per heavy atom. The molecule has 2 aromatic carbocycles. The van der Waals surface area contributed by atoms with Crippen LogP contribution < -0.4 is 16.1 Å². The maximum Gasteiger partial charge on any atom is 0.191 e.